The van der Waals surface area contributed by atoms with Gasteiger partial charge in [-0.05, 0) is 31.0 Å². The summed E-state index contributed by atoms with van der Waals surface area (Å²) in [5, 5.41) is 17.9. The molecule has 0 radical (unpaired) electrons. The number of benzene rings is 1. The average molecular weight is 419 g/mol. The molecule has 2 unspecified atom stereocenters. The minimum absolute atomic E-state index is 0.0753. The zero-order valence-electron chi connectivity index (χ0n) is 17.1. The molecule has 3 heterocycles. The van der Waals surface area contributed by atoms with Crippen LogP contribution in [-0.2, 0) is 6.42 Å². The Hall–Kier alpha value is -3.53. The number of nitrogens with two attached hydrogens (primary N) is 1. The van der Waals surface area contributed by atoms with Crippen molar-refractivity contribution in [2.75, 3.05) is 17.2 Å². The van der Waals surface area contributed by atoms with Crippen LogP contribution < -0.4 is 21.7 Å². The number of nitrogens with zero attached hydrogens (tertiary/aromatic N) is 5. The molecule has 0 bridgehead atoms. The molecule has 10 nitrogen and oxygen atoms in total. The summed E-state index contributed by atoms with van der Waals surface area (Å²) in [4.78, 5) is 23.5. The van der Waals surface area contributed by atoms with E-state index in [2.05, 4.69) is 36.1 Å². The molecule has 1 aromatic carbocycles. The van der Waals surface area contributed by atoms with E-state index in [9.17, 15) is 4.79 Å². The number of rotatable bonds is 5. The Bertz CT molecular complexity index is 1080. The third kappa shape index (κ3) is 4.06. The fourth-order valence-corrected chi connectivity index (χ4v) is 4.16. The predicted octanol–water partition coefficient (Wildman–Crippen LogP) is 1.77. The minimum atomic E-state index is -0.172. The number of aromatic nitrogens is 5. The van der Waals surface area contributed by atoms with Crippen LogP contribution in [0.5, 0.6) is 0 Å². The van der Waals surface area contributed by atoms with Crippen LogP contribution in [0, 0.1) is 0 Å². The van der Waals surface area contributed by atoms with E-state index in [4.69, 9.17) is 5.73 Å². The average Bonchev–Trinajstić information content (AvgIpc) is 3.31. The van der Waals surface area contributed by atoms with Crippen LogP contribution in [-0.4, -0.2) is 49.5 Å². The second-order valence-electron chi connectivity index (χ2n) is 7.92. The predicted molar refractivity (Wildman–Crippen MR) is 117 cm³/mol. The molecular formula is C21H25N9O. The second-order valence-corrected chi connectivity index (χ2v) is 7.92. The van der Waals surface area contributed by atoms with Crippen molar-refractivity contribution in [2.24, 2.45) is 5.73 Å². The molecule has 3 aromatic rings. The van der Waals surface area contributed by atoms with Crippen molar-refractivity contribution in [3.8, 4) is 5.69 Å². The summed E-state index contributed by atoms with van der Waals surface area (Å²) in [6, 6.07) is 7.82. The van der Waals surface area contributed by atoms with Crippen LogP contribution in [0.2, 0.25) is 0 Å². The number of hydrogen-bond donors (Lipinski definition) is 4. The molecule has 160 valence electrons. The number of carbonyl (C=O) groups excluding carboxylic acids is 1. The Morgan fingerprint density at radius 1 is 1.13 bits per heavy atom. The number of anilines is 3. The van der Waals surface area contributed by atoms with Crippen molar-refractivity contribution < 1.29 is 4.79 Å². The Morgan fingerprint density at radius 2 is 1.97 bits per heavy atom. The second kappa shape index (κ2) is 8.31. The maximum Gasteiger partial charge on any atom is 0.256 e. The Morgan fingerprint density at radius 3 is 2.81 bits per heavy atom. The number of fused-ring (bicyclic) bond motifs is 1. The highest BCUT2D eigenvalue weighted by atomic mass is 16.1. The molecule has 2 atom stereocenters. The first-order valence-corrected chi connectivity index (χ1v) is 10.6. The lowest BCUT2D eigenvalue weighted by Gasteiger charge is -2.30. The van der Waals surface area contributed by atoms with E-state index < -0.39 is 0 Å². The molecule has 1 saturated carbocycles. The molecule has 5 N–H and O–H groups in total. The zero-order valence-corrected chi connectivity index (χ0v) is 17.1. The lowest BCUT2D eigenvalue weighted by atomic mass is 9.91. The number of carbonyl (C=O) groups is 1. The van der Waals surface area contributed by atoms with E-state index >= 15 is 0 Å². The number of nitrogens with one attached hydrogen (secondary N) is 3. The number of hydrogen-bond acceptors (Lipinski definition) is 8. The van der Waals surface area contributed by atoms with Gasteiger partial charge < -0.3 is 21.7 Å². The van der Waals surface area contributed by atoms with Crippen LogP contribution in [0.3, 0.4) is 0 Å². The maximum atomic E-state index is 12.6. The summed E-state index contributed by atoms with van der Waals surface area (Å²) in [5.41, 5.74) is 9.09. The summed E-state index contributed by atoms with van der Waals surface area (Å²) >= 11 is 0. The quantitative estimate of drug-likeness (QED) is 0.491. The van der Waals surface area contributed by atoms with E-state index in [-0.39, 0.29) is 18.0 Å². The first-order chi connectivity index (χ1) is 15.2. The molecular weight excluding hydrogens is 394 g/mol. The molecule has 1 aliphatic carbocycles. The summed E-state index contributed by atoms with van der Waals surface area (Å²) in [6.45, 7) is 0.561. The molecule has 0 spiro atoms. The first kappa shape index (κ1) is 19.4. The van der Waals surface area contributed by atoms with E-state index in [0.29, 0.717) is 30.3 Å². The van der Waals surface area contributed by atoms with E-state index in [1.165, 1.54) is 4.80 Å². The van der Waals surface area contributed by atoms with Gasteiger partial charge in [0.2, 0.25) is 5.95 Å². The van der Waals surface area contributed by atoms with E-state index in [1.54, 1.807) is 12.4 Å². The smallest absolute Gasteiger partial charge is 0.256 e. The van der Waals surface area contributed by atoms with Gasteiger partial charge in [0, 0.05) is 30.7 Å². The number of amides is 1. The zero-order chi connectivity index (χ0) is 21.2. The Kier molecular flexibility index (Phi) is 5.21. The Labute approximate surface area is 179 Å². The largest absolute Gasteiger partial charge is 0.351 e. The third-order valence-corrected chi connectivity index (χ3v) is 5.75. The van der Waals surface area contributed by atoms with Gasteiger partial charge in [0.15, 0.2) is 0 Å². The van der Waals surface area contributed by atoms with Crippen molar-refractivity contribution in [1.82, 2.24) is 30.3 Å². The molecule has 0 saturated heterocycles. The lowest BCUT2D eigenvalue weighted by molar-refractivity contribution is 0.0945. The minimum Gasteiger partial charge on any atom is -0.351 e. The fraction of sp³-hybridized carbons (Fsp3) is 0.381. The SMILES string of the molecule is NC1CCCCC1Nc1nc2c(c(Nc3cccc(-n4nccn4)c3)n1)C(=O)NCC2. The topological polar surface area (TPSA) is 136 Å². The summed E-state index contributed by atoms with van der Waals surface area (Å²) in [5.74, 6) is 0.803. The van der Waals surface area contributed by atoms with Gasteiger partial charge in [-0.3, -0.25) is 4.79 Å². The highest BCUT2D eigenvalue weighted by Gasteiger charge is 2.27. The monoisotopic (exact) mass is 419 g/mol. The summed E-state index contributed by atoms with van der Waals surface area (Å²) in [7, 11) is 0. The fourth-order valence-electron chi connectivity index (χ4n) is 4.16. The highest BCUT2D eigenvalue weighted by molar-refractivity contribution is 6.01. The molecule has 1 aliphatic heterocycles. The van der Waals surface area contributed by atoms with Crippen molar-refractivity contribution in [3.05, 3.63) is 47.9 Å². The van der Waals surface area contributed by atoms with E-state index in [1.807, 2.05) is 24.3 Å². The first-order valence-electron chi connectivity index (χ1n) is 10.6. The molecule has 1 fully saturated rings. The van der Waals surface area contributed by atoms with Crippen LogP contribution in [0.1, 0.15) is 41.7 Å². The third-order valence-electron chi connectivity index (χ3n) is 5.75. The van der Waals surface area contributed by atoms with Gasteiger partial charge in [-0.2, -0.15) is 20.0 Å². The van der Waals surface area contributed by atoms with Crippen LogP contribution in [0.15, 0.2) is 36.7 Å². The van der Waals surface area contributed by atoms with Gasteiger partial charge in [0.05, 0.1) is 23.8 Å². The standard InChI is InChI=1S/C21H25N9O/c22-15-6-1-2-7-16(15)27-21-28-17-8-9-23-20(31)18(17)19(29-21)26-13-4-3-5-14(12-13)30-24-10-11-25-30/h3-5,10-12,15-16H,1-2,6-9,22H2,(H,23,31)(H2,26,27,28,29). The van der Waals surface area contributed by atoms with Crippen LogP contribution in [0.4, 0.5) is 17.5 Å². The summed E-state index contributed by atoms with van der Waals surface area (Å²) in [6.07, 6.45) is 8.17. The van der Waals surface area contributed by atoms with Crippen LogP contribution >= 0.6 is 0 Å². The Balaban J connectivity index is 1.48. The molecule has 1 amide bonds. The normalized spacial score (nSPS) is 20.6. The molecule has 5 rings (SSSR count). The molecule has 10 heteroatoms. The molecule has 2 aliphatic rings. The highest BCUT2D eigenvalue weighted by Crippen LogP contribution is 2.27. The van der Waals surface area contributed by atoms with Crippen molar-refractivity contribution in [3.63, 3.8) is 0 Å². The molecule has 2 aromatic heterocycles. The maximum absolute atomic E-state index is 12.6. The van der Waals surface area contributed by atoms with E-state index in [0.717, 1.165) is 42.8 Å². The molecule has 31 heavy (non-hydrogen) atoms. The van der Waals surface area contributed by atoms with Gasteiger partial charge in [0.1, 0.15) is 11.4 Å². The van der Waals surface area contributed by atoms with Gasteiger partial charge in [-0.15, -0.1) is 0 Å². The van der Waals surface area contributed by atoms with Gasteiger partial charge >= 0.3 is 0 Å². The van der Waals surface area contributed by atoms with Crippen molar-refractivity contribution >= 4 is 23.4 Å². The van der Waals surface area contributed by atoms with Gasteiger partial charge in [-0.1, -0.05) is 18.9 Å². The van der Waals surface area contributed by atoms with Crippen molar-refractivity contribution in [1.29, 1.82) is 0 Å². The van der Waals surface area contributed by atoms with Gasteiger partial charge in [0.25, 0.3) is 5.91 Å². The van der Waals surface area contributed by atoms with Gasteiger partial charge in [-0.25, -0.2) is 4.98 Å². The van der Waals surface area contributed by atoms with Crippen molar-refractivity contribution in [2.45, 2.75) is 44.2 Å². The summed E-state index contributed by atoms with van der Waals surface area (Å²) < 4.78 is 0. The van der Waals surface area contributed by atoms with Crippen LogP contribution in [0.25, 0.3) is 5.69 Å². The lowest BCUT2D eigenvalue weighted by Crippen LogP contribution is -2.43.